The van der Waals surface area contributed by atoms with E-state index in [1.165, 1.54) is 12.1 Å². The molecule has 0 spiro atoms. The third-order valence-electron chi connectivity index (χ3n) is 2.79. The summed E-state index contributed by atoms with van der Waals surface area (Å²) in [5, 5.41) is 0. The van der Waals surface area contributed by atoms with Gasteiger partial charge in [0.15, 0.2) is 0 Å². The Kier molecular flexibility index (Phi) is 3.78. The molecule has 2 N–H and O–H groups in total. The van der Waals surface area contributed by atoms with E-state index in [-0.39, 0.29) is 10.0 Å². The van der Waals surface area contributed by atoms with Crippen molar-refractivity contribution in [2.45, 2.75) is 13.0 Å². The lowest BCUT2D eigenvalue weighted by Gasteiger charge is -2.15. The summed E-state index contributed by atoms with van der Waals surface area (Å²) in [5.74, 6) is -1.28. The lowest BCUT2D eigenvalue weighted by Crippen LogP contribution is -2.16. The molecule has 2 rings (SSSR count). The van der Waals surface area contributed by atoms with Gasteiger partial charge in [-0.2, -0.15) is 0 Å². The first kappa shape index (κ1) is 13.2. The summed E-state index contributed by atoms with van der Waals surface area (Å²) in [6, 6.07) is 9.03. The standard InChI is InChI=1S/C14H12BrF2N/c1-8-3-2-4-9(7-8)14(18)12-11(16)6-5-10(15)13(12)17/h2-7,14H,18H2,1H3. The van der Waals surface area contributed by atoms with Crippen molar-refractivity contribution in [1.29, 1.82) is 0 Å². The van der Waals surface area contributed by atoms with E-state index in [9.17, 15) is 8.78 Å². The second-order valence-corrected chi connectivity index (χ2v) is 5.00. The van der Waals surface area contributed by atoms with Gasteiger partial charge < -0.3 is 5.73 Å². The summed E-state index contributed by atoms with van der Waals surface area (Å²) in [4.78, 5) is 0. The Bertz CT molecular complexity index is 584. The van der Waals surface area contributed by atoms with Crippen LogP contribution in [0.1, 0.15) is 22.7 Å². The molecule has 2 aromatic rings. The normalized spacial score (nSPS) is 12.5. The molecular formula is C14H12BrF2N. The summed E-state index contributed by atoms with van der Waals surface area (Å²) in [6.45, 7) is 1.91. The quantitative estimate of drug-likeness (QED) is 0.831. The van der Waals surface area contributed by atoms with Gasteiger partial charge in [-0.15, -0.1) is 0 Å². The Hall–Kier alpha value is -1.26. The van der Waals surface area contributed by atoms with Crippen LogP contribution >= 0.6 is 15.9 Å². The lowest BCUT2D eigenvalue weighted by molar-refractivity contribution is 0.539. The molecule has 0 saturated heterocycles. The van der Waals surface area contributed by atoms with E-state index >= 15 is 0 Å². The molecule has 94 valence electrons. The van der Waals surface area contributed by atoms with Gasteiger partial charge in [0.05, 0.1) is 10.5 Å². The van der Waals surface area contributed by atoms with Crippen molar-refractivity contribution < 1.29 is 8.78 Å². The van der Waals surface area contributed by atoms with Crippen LogP contribution in [0.2, 0.25) is 0 Å². The third-order valence-corrected chi connectivity index (χ3v) is 3.40. The van der Waals surface area contributed by atoms with E-state index in [1.807, 2.05) is 25.1 Å². The van der Waals surface area contributed by atoms with Crippen molar-refractivity contribution in [1.82, 2.24) is 0 Å². The van der Waals surface area contributed by atoms with Gasteiger partial charge in [0.2, 0.25) is 0 Å². The number of rotatable bonds is 2. The maximum atomic E-state index is 13.9. The van der Waals surface area contributed by atoms with Gasteiger partial charge in [-0.25, -0.2) is 8.78 Å². The molecule has 0 radical (unpaired) electrons. The van der Waals surface area contributed by atoms with Crippen molar-refractivity contribution in [2.75, 3.05) is 0 Å². The molecule has 0 aromatic heterocycles. The Labute approximate surface area is 113 Å². The molecule has 0 bridgehead atoms. The molecule has 0 saturated carbocycles. The van der Waals surface area contributed by atoms with Crippen LogP contribution in [0.4, 0.5) is 8.78 Å². The van der Waals surface area contributed by atoms with Gasteiger partial charge in [0.25, 0.3) is 0 Å². The van der Waals surface area contributed by atoms with Crippen LogP contribution < -0.4 is 5.73 Å². The molecule has 0 aliphatic carbocycles. The molecule has 1 nitrogen and oxygen atoms in total. The zero-order valence-electron chi connectivity index (χ0n) is 9.75. The predicted molar refractivity (Wildman–Crippen MR) is 71.3 cm³/mol. The van der Waals surface area contributed by atoms with Gasteiger partial charge in [0, 0.05) is 5.56 Å². The number of halogens is 3. The van der Waals surface area contributed by atoms with Crippen LogP contribution in [-0.4, -0.2) is 0 Å². The van der Waals surface area contributed by atoms with E-state index in [4.69, 9.17) is 5.73 Å². The minimum atomic E-state index is -0.817. The molecule has 18 heavy (non-hydrogen) atoms. The van der Waals surface area contributed by atoms with Crippen molar-refractivity contribution in [3.8, 4) is 0 Å². The minimum absolute atomic E-state index is 0.116. The Morgan fingerprint density at radius 2 is 1.89 bits per heavy atom. The first-order valence-corrected chi connectivity index (χ1v) is 6.25. The molecule has 0 heterocycles. The zero-order chi connectivity index (χ0) is 13.3. The maximum Gasteiger partial charge on any atom is 0.145 e. The summed E-state index contributed by atoms with van der Waals surface area (Å²) < 4.78 is 27.9. The SMILES string of the molecule is Cc1cccc(C(N)c2c(F)ccc(Br)c2F)c1. The molecule has 4 heteroatoms. The summed E-state index contributed by atoms with van der Waals surface area (Å²) in [6.07, 6.45) is 0. The Balaban J connectivity index is 2.52. The van der Waals surface area contributed by atoms with Crippen LogP contribution in [0.25, 0.3) is 0 Å². The van der Waals surface area contributed by atoms with E-state index in [2.05, 4.69) is 15.9 Å². The maximum absolute atomic E-state index is 13.9. The lowest BCUT2D eigenvalue weighted by atomic mass is 9.97. The Morgan fingerprint density at radius 3 is 2.56 bits per heavy atom. The van der Waals surface area contributed by atoms with Crippen molar-refractivity contribution in [3.05, 3.63) is 69.2 Å². The van der Waals surface area contributed by atoms with Gasteiger partial charge in [-0.3, -0.25) is 0 Å². The van der Waals surface area contributed by atoms with Crippen LogP contribution in [0.3, 0.4) is 0 Å². The molecule has 0 aliphatic heterocycles. The fourth-order valence-electron chi connectivity index (χ4n) is 1.86. The average molecular weight is 312 g/mol. The number of nitrogens with two attached hydrogens (primary N) is 1. The molecular weight excluding hydrogens is 300 g/mol. The van der Waals surface area contributed by atoms with Gasteiger partial charge >= 0.3 is 0 Å². The minimum Gasteiger partial charge on any atom is -0.320 e. The smallest absolute Gasteiger partial charge is 0.145 e. The molecule has 0 aliphatic rings. The van der Waals surface area contributed by atoms with Crippen LogP contribution in [0.5, 0.6) is 0 Å². The predicted octanol–water partition coefficient (Wildman–Crippen LogP) is 4.08. The summed E-state index contributed by atoms with van der Waals surface area (Å²) in [7, 11) is 0. The highest BCUT2D eigenvalue weighted by molar-refractivity contribution is 9.10. The second-order valence-electron chi connectivity index (χ2n) is 4.15. The fourth-order valence-corrected chi connectivity index (χ4v) is 2.20. The number of hydrogen-bond acceptors (Lipinski definition) is 1. The molecule has 0 fully saturated rings. The summed E-state index contributed by atoms with van der Waals surface area (Å²) >= 11 is 3.04. The highest BCUT2D eigenvalue weighted by Gasteiger charge is 2.20. The highest BCUT2D eigenvalue weighted by Crippen LogP contribution is 2.29. The van der Waals surface area contributed by atoms with Gasteiger partial charge in [-0.1, -0.05) is 29.8 Å². The monoisotopic (exact) mass is 311 g/mol. The number of benzene rings is 2. The van der Waals surface area contributed by atoms with Crippen LogP contribution in [0.15, 0.2) is 40.9 Å². The van der Waals surface area contributed by atoms with E-state index in [1.54, 1.807) is 6.07 Å². The van der Waals surface area contributed by atoms with E-state index in [0.29, 0.717) is 5.56 Å². The Morgan fingerprint density at radius 1 is 1.17 bits per heavy atom. The van der Waals surface area contributed by atoms with Crippen LogP contribution in [-0.2, 0) is 0 Å². The van der Waals surface area contributed by atoms with Gasteiger partial charge in [0.1, 0.15) is 11.6 Å². The number of hydrogen-bond donors (Lipinski definition) is 1. The van der Waals surface area contributed by atoms with E-state index < -0.39 is 17.7 Å². The first-order chi connectivity index (χ1) is 8.50. The van der Waals surface area contributed by atoms with Crippen molar-refractivity contribution >= 4 is 15.9 Å². The molecule has 1 atom stereocenters. The van der Waals surface area contributed by atoms with Gasteiger partial charge in [-0.05, 0) is 40.5 Å². The summed E-state index contributed by atoms with van der Waals surface area (Å²) in [5.41, 5.74) is 7.52. The first-order valence-electron chi connectivity index (χ1n) is 5.46. The van der Waals surface area contributed by atoms with Crippen LogP contribution in [0, 0.1) is 18.6 Å². The molecule has 1 unspecified atom stereocenters. The third kappa shape index (κ3) is 2.44. The topological polar surface area (TPSA) is 26.0 Å². The number of aryl methyl sites for hydroxylation is 1. The highest BCUT2D eigenvalue weighted by atomic mass is 79.9. The van der Waals surface area contributed by atoms with Crippen molar-refractivity contribution in [3.63, 3.8) is 0 Å². The largest absolute Gasteiger partial charge is 0.320 e. The van der Waals surface area contributed by atoms with Crippen molar-refractivity contribution in [2.24, 2.45) is 5.73 Å². The average Bonchev–Trinajstić information content (AvgIpc) is 2.34. The van der Waals surface area contributed by atoms with E-state index in [0.717, 1.165) is 5.56 Å². The fraction of sp³-hybridized carbons (Fsp3) is 0.143. The molecule has 0 amide bonds. The second kappa shape index (κ2) is 5.16. The molecule has 2 aromatic carbocycles. The zero-order valence-corrected chi connectivity index (χ0v) is 11.3.